The van der Waals surface area contributed by atoms with E-state index < -0.39 is 0 Å². The summed E-state index contributed by atoms with van der Waals surface area (Å²) < 4.78 is 0. The molecule has 2 rings (SSSR count). The molecule has 0 saturated heterocycles. The van der Waals surface area contributed by atoms with Crippen molar-refractivity contribution in [2.45, 2.75) is 20.1 Å². The van der Waals surface area contributed by atoms with E-state index in [2.05, 4.69) is 15.9 Å². The van der Waals surface area contributed by atoms with Gasteiger partial charge in [-0.3, -0.25) is 5.43 Å². The largest absolute Gasteiger partial charge is 0.391 e. The molecule has 2 aromatic rings. The SMILES string of the molecule is CC(=NOCc1ccccc1)c1cccc(CNC(=O)NN(C)C)c1. The third-order valence-electron chi connectivity index (χ3n) is 3.40. The fourth-order valence-corrected chi connectivity index (χ4v) is 2.16. The molecule has 25 heavy (non-hydrogen) atoms. The molecule has 0 aliphatic rings. The predicted molar refractivity (Wildman–Crippen MR) is 98.9 cm³/mol. The van der Waals surface area contributed by atoms with Crippen molar-refractivity contribution in [3.63, 3.8) is 0 Å². The molecule has 6 heteroatoms. The first-order chi connectivity index (χ1) is 12.0. The minimum atomic E-state index is -0.244. The third kappa shape index (κ3) is 6.64. The van der Waals surface area contributed by atoms with Gasteiger partial charge < -0.3 is 10.2 Å². The Labute approximate surface area is 148 Å². The standard InChI is InChI=1S/C19H24N4O2/c1-15(22-25-14-16-8-5-4-6-9-16)18-11-7-10-17(12-18)13-20-19(24)21-23(2)3/h4-12H,13-14H2,1-3H3,(H2,20,21,24). The lowest BCUT2D eigenvalue weighted by atomic mass is 10.1. The van der Waals surface area contributed by atoms with Gasteiger partial charge in [0.1, 0.15) is 6.61 Å². The van der Waals surface area contributed by atoms with Crippen LogP contribution in [0.3, 0.4) is 0 Å². The van der Waals surface area contributed by atoms with E-state index in [1.165, 1.54) is 0 Å². The lowest BCUT2D eigenvalue weighted by Gasteiger charge is -2.13. The number of urea groups is 1. The molecule has 0 bridgehead atoms. The minimum absolute atomic E-state index is 0.244. The first kappa shape index (κ1) is 18.5. The van der Waals surface area contributed by atoms with Gasteiger partial charge in [0.25, 0.3) is 0 Å². The Bertz CT molecular complexity index is 714. The van der Waals surface area contributed by atoms with Crippen molar-refractivity contribution in [3.8, 4) is 0 Å². The van der Waals surface area contributed by atoms with Crippen LogP contribution in [0.4, 0.5) is 4.79 Å². The second kappa shape index (κ2) is 9.44. The molecule has 0 spiro atoms. The fraction of sp³-hybridized carbons (Fsp3) is 0.263. The van der Waals surface area contributed by atoms with Gasteiger partial charge in [0.2, 0.25) is 0 Å². The van der Waals surface area contributed by atoms with Crippen molar-refractivity contribution in [1.29, 1.82) is 0 Å². The van der Waals surface area contributed by atoms with E-state index in [1.807, 2.05) is 61.5 Å². The lowest BCUT2D eigenvalue weighted by molar-refractivity contribution is 0.130. The minimum Gasteiger partial charge on any atom is -0.391 e. The fourth-order valence-electron chi connectivity index (χ4n) is 2.16. The van der Waals surface area contributed by atoms with Crippen molar-refractivity contribution in [2.24, 2.45) is 5.16 Å². The molecule has 0 fully saturated rings. The quantitative estimate of drug-likeness (QED) is 0.602. The zero-order valence-electron chi connectivity index (χ0n) is 14.8. The smallest absolute Gasteiger partial charge is 0.329 e. The van der Waals surface area contributed by atoms with Crippen LogP contribution in [0.2, 0.25) is 0 Å². The maximum Gasteiger partial charge on any atom is 0.329 e. The van der Waals surface area contributed by atoms with Gasteiger partial charge in [-0.2, -0.15) is 0 Å². The monoisotopic (exact) mass is 340 g/mol. The van der Waals surface area contributed by atoms with E-state index in [-0.39, 0.29) is 6.03 Å². The van der Waals surface area contributed by atoms with Crippen LogP contribution in [-0.4, -0.2) is 30.8 Å². The van der Waals surface area contributed by atoms with E-state index in [4.69, 9.17) is 4.84 Å². The zero-order chi connectivity index (χ0) is 18.1. The molecule has 0 aromatic heterocycles. The molecule has 0 atom stereocenters. The second-order valence-corrected chi connectivity index (χ2v) is 5.83. The summed E-state index contributed by atoms with van der Waals surface area (Å²) in [6, 6.07) is 17.5. The molecular formula is C19H24N4O2. The Morgan fingerprint density at radius 2 is 1.80 bits per heavy atom. The number of oxime groups is 1. The average Bonchev–Trinajstić information content (AvgIpc) is 2.60. The predicted octanol–water partition coefficient (Wildman–Crippen LogP) is 2.90. The normalized spacial score (nSPS) is 11.3. The number of hydrogen-bond donors (Lipinski definition) is 2. The highest BCUT2D eigenvalue weighted by Gasteiger charge is 2.03. The van der Waals surface area contributed by atoms with Gasteiger partial charge in [0, 0.05) is 20.6 Å². The number of nitrogens with one attached hydrogen (secondary N) is 2. The van der Waals surface area contributed by atoms with Gasteiger partial charge in [-0.15, -0.1) is 0 Å². The van der Waals surface area contributed by atoms with Crippen LogP contribution in [0.5, 0.6) is 0 Å². The number of hydrogen-bond acceptors (Lipinski definition) is 4. The Balaban J connectivity index is 1.90. The summed E-state index contributed by atoms with van der Waals surface area (Å²) in [5.74, 6) is 0. The first-order valence-electron chi connectivity index (χ1n) is 8.06. The molecule has 0 heterocycles. The van der Waals surface area contributed by atoms with Crippen molar-refractivity contribution in [1.82, 2.24) is 15.8 Å². The summed E-state index contributed by atoms with van der Waals surface area (Å²) in [6.07, 6.45) is 0. The summed E-state index contributed by atoms with van der Waals surface area (Å²) in [7, 11) is 3.52. The topological polar surface area (TPSA) is 66.0 Å². The molecule has 2 aromatic carbocycles. The molecule has 132 valence electrons. The molecular weight excluding hydrogens is 316 g/mol. The lowest BCUT2D eigenvalue weighted by Crippen LogP contribution is -2.42. The molecule has 0 saturated carbocycles. The molecule has 6 nitrogen and oxygen atoms in total. The number of amides is 2. The number of benzene rings is 2. The summed E-state index contributed by atoms with van der Waals surface area (Å²) in [4.78, 5) is 17.0. The first-order valence-corrected chi connectivity index (χ1v) is 8.06. The van der Waals surface area contributed by atoms with Crippen LogP contribution >= 0.6 is 0 Å². The van der Waals surface area contributed by atoms with E-state index in [0.29, 0.717) is 13.2 Å². The van der Waals surface area contributed by atoms with Crippen molar-refractivity contribution < 1.29 is 9.63 Å². The Hall–Kier alpha value is -2.86. The number of carbonyl (C=O) groups excluding carboxylic acids is 1. The molecule has 2 N–H and O–H groups in total. The number of nitrogens with zero attached hydrogens (tertiary/aromatic N) is 2. The average molecular weight is 340 g/mol. The van der Waals surface area contributed by atoms with Crippen molar-refractivity contribution in [3.05, 3.63) is 71.3 Å². The van der Waals surface area contributed by atoms with Crippen LogP contribution in [0, 0.1) is 0 Å². The molecule has 0 radical (unpaired) electrons. The van der Waals surface area contributed by atoms with Crippen LogP contribution in [0.15, 0.2) is 59.8 Å². The van der Waals surface area contributed by atoms with Gasteiger partial charge in [0.05, 0.1) is 5.71 Å². The Morgan fingerprint density at radius 1 is 1.08 bits per heavy atom. The van der Waals surface area contributed by atoms with Crippen LogP contribution in [0.25, 0.3) is 0 Å². The summed E-state index contributed by atoms with van der Waals surface area (Å²) >= 11 is 0. The second-order valence-electron chi connectivity index (χ2n) is 5.83. The number of rotatable bonds is 7. The third-order valence-corrected chi connectivity index (χ3v) is 3.40. The summed E-state index contributed by atoms with van der Waals surface area (Å²) in [6.45, 7) is 2.77. The Kier molecular flexibility index (Phi) is 6.98. The van der Waals surface area contributed by atoms with Crippen LogP contribution in [0.1, 0.15) is 23.6 Å². The highest BCUT2D eigenvalue weighted by atomic mass is 16.6. The zero-order valence-corrected chi connectivity index (χ0v) is 14.8. The molecule has 0 aliphatic heterocycles. The van der Waals surface area contributed by atoms with Gasteiger partial charge >= 0.3 is 6.03 Å². The van der Waals surface area contributed by atoms with Crippen LogP contribution < -0.4 is 10.7 Å². The molecule has 0 aliphatic carbocycles. The van der Waals surface area contributed by atoms with Crippen molar-refractivity contribution >= 4 is 11.7 Å². The van der Waals surface area contributed by atoms with Gasteiger partial charge in [0.15, 0.2) is 0 Å². The van der Waals surface area contributed by atoms with Gasteiger partial charge in [-0.1, -0.05) is 53.7 Å². The highest BCUT2D eigenvalue weighted by Crippen LogP contribution is 2.08. The highest BCUT2D eigenvalue weighted by molar-refractivity contribution is 5.98. The molecule has 2 amide bonds. The Morgan fingerprint density at radius 3 is 2.52 bits per heavy atom. The van der Waals surface area contributed by atoms with E-state index in [1.54, 1.807) is 19.1 Å². The van der Waals surface area contributed by atoms with Crippen LogP contribution in [-0.2, 0) is 18.0 Å². The summed E-state index contributed by atoms with van der Waals surface area (Å²) in [5.41, 5.74) is 6.44. The summed E-state index contributed by atoms with van der Waals surface area (Å²) in [5, 5.41) is 8.56. The number of hydrazine groups is 1. The maximum atomic E-state index is 11.6. The maximum absolute atomic E-state index is 11.6. The van der Waals surface area contributed by atoms with Gasteiger partial charge in [-0.25, -0.2) is 9.80 Å². The van der Waals surface area contributed by atoms with E-state index in [9.17, 15) is 4.79 Å². The van der Waals surface area contributed by atoms with Gasteiger partial charge in [-0.05, 0) is 29.7 Å². The van der Waals surface area contributed by atoms with E-state index >= 15 is 0 Å². The van der Waals surface area contributed by atoms with E-state index in [0.717, 1.165) is 22.4 Å². The van der Waals surface area contributed by atoms with Crippen molar-refractivity contribution in [2.75, 3.05) is 14.1 Å². The number of carbonyl (C=O) groups is 1. The molecule has 0 unspecified atom stereocenters.